The zero-order valence-corrected chi connectivity index (χ0v) is 12.3. The molecule has 2 rings (SSSR count). The maximum absolute atomic E-state index is 12.2. The van der Waals surface area contributed by atoms with E-state index in [4.69, 9.17) is 5.73 Å². The molecule has 1 aliphatic heterocycles. The molecule has 20 heavy (non-hydrogen) atoms. The SMILES string of the molecule is CN(C(=O)CC(N)c1ccccc1)C1CCS(=O)(=O)C1. The Labute approximate surface area is 119 Å². The highest BCUT2D eigenvalue weighted by Crippen LogP contribution is 2.20. The Morgan fingerprint density at radius 1 is 1.40 bits per heavy atom. The van der Waals surface area contributed by atoms with Crippen LogP contribution in [0.25, 0.3) is 0 Å². The van der Waals surface area contributed by atoms with Crippen LogP contribution in [0.4, 0.5) is 0 Å². The Hall–Kier alpha value is -1.40. The highest BCUT2D eigenvalue weighted by molar-refractivity contribution is 7.91. The van der Waals surface area contributed by atoms with E-state index in [-0.39, 0.29) is 35.9 Å². The molecule has 0 aliphatic carbocycles. The average molecular weight is 296 g/mol. The van der Waals surface area contributed by atoms with Gasteiger partial charge in [0.1, 0.15) is 0 Å². The lowest BCUT2D eigenvalue weighted by Gasteiger charge is -2.25. The third kappa shape index (κ3) is 3.58. The molecule has 1 saturated heterocycles. The number of nitrogens with two attached hydrogens (primary N) is 1. The minimum Gasteiger partial charge on any atom is -0.342 e. The molecule has 6 heteroatoms. The van der Waals surface area contributed by atoms with Crippen LogP contribution in [-0.2, 0) is 14.6 Å². The summed E-state index contributed by atoms with van der Waals surface area (Å²) < 4.78 is 22.9. The maximum atomic E-state index is 12.2. The minimum absolute atomic E-state index is 0.0653. The first kappa shape index (κ1) is 15.0. The molecular formula is C14H20N2O3S. The number of benzene rings is 1. The Bertz CT molecular complexity index is 571. The van der Waals surface area contributed by atoms with Gasteiger partial charge in [-0.1, -0.05) is 30.3 Å². The number of rotatable bonds is 4. The molecular weight excluding hydrogens is 276 g/mol. The fraction of sp³-hybridized carbons (Fsp3) is 0.500. The Kier molecular flexibility index (Phi) is 4.45. The first-order valence-corrected chi connectivity index (χ1v) is 8.48. The van der Waals surface area contributed by atoms with Crippen molar-refractivity contribution >= 4 is 15.7 Å². The topological polar surface area (TPSA) is 80.5 Å². The molecule has 1 heterocycles. The molecule has 0 saturated carbocycles. The first-order chi connectivity index (χ1) is 9.39. The summed E-state index contributed by atoms with van der Waals surface area (Å²) >= 11 is 0. The normalized spacial score (nSPS) is 22.4. The lowest BCUT2D eigenvalue weighted by Crippen LogP contribution is -2.39. The predicted octanol–water partition coefficient (Wildman–Crippen LogP) is 0.722. The van der Waals surface area contributed by atoms with Crippen LogP contribution >= 0.6 is 0 Å². The molecule has 1 fully saturated rings. The first-order valence-electron chi connectivity index (χ1n) is 6.65. The molecule has 0 aromatic heterocycles. The van der Waals surface area contributed by atoms with Gasteiger partial charge in [0.15, 0.2) is 9.84 Å². The van der Waals surface area contributed by atoms with Gasteiger partial charge < -0.3 is 10.6 Å². The molecule has 1 amide bonds. The van der Waals surface area contributed by atoms with Crippen molar-refractivity contribution in [1.82, 2.24) is 4.90 Å². The summed E-state index contributed by atoms with van der Waals surface area (Å²) in [6.45, 7) is 0. The number of hydrogen-bond acceptors (Lipinski definition) is 4. The second kappa shape index (κ2) is 5.93. The molecule has 110 valence electrons. The van der Waals surface area contributed by atoms with Crippen molar-refractivity contribution in [3.05, 3.63) is 35.9 Å². The zero-order valence-electron chi connectivity index (χ0n) is 11.5. The second-order valence-corrected chi connectivity index (χ2v) is 7.51. The van der Waals surface area contributed by atoms with E-state index in [1.54, 1.807) is 7.05 Å². The van der Waals surface area contributed by atoms with Crippen molar-refractivity contribution in [2.75, 3.05) is 18.6 Å². The van der Waals surface area contributed by atoms with E-state index >= 15 is 0 Å². The maximum Gasteiger partial charge on any atom is 0.224 e. The molecule has 1 aromatic carbocycles. The molecule has 2 atom stereocenters. The van der Waals surface area contributed by atoms with E-state index in [1.165, 1.54) is 4.90 Å². The van der Waals surface area contributed by atoms with Crippen molar-refractivity contribution in [3.8, 4) is 0 Å². The van der Waals surface area contributed by atoms with Gasteiger partial charge >= 0.3 is 0 Å². The van der Waals surface area contributed by atoms with Gasteiger partial charge in [-0.3, -0.25) is 4.79 Å². The highest BCUT2D eigenvalue weighted by Gasteiger charge is 2.32. The largest absolute Gasteiger partial charge is 0.342 e. The summed E-state index contributed by atoms with van der Waals surface area (Å²) in [5, 5.41) is 0. The lowest BCUT2D eigenvalue weighted by molar-refractivity contribution is -0.131. The standard InChI is InChI=1S/C14H20N2O3S/c1-16(12-7-8-20(18,19)10-12)14(17)9-13(15)11-5-3-2-4-6-11/h2-6,12-13H,7-10,15H2,1H3. The summed E-state index contributed by atoms with van der Waals surface area (Å²) in [7, 11) is -1.32. The van der Waals surface area contributed by atoms with Gasteiger partial charge in [-0.15, -0.1) is 0 Å². The summed E-state index contributed by atoms with van der Waals surface area (Å²) in [5.74, 6) is 0.124. The van der Waals surface area contributed by atoms with Crippen LogP contribution in [0.1, 0.15) is 24.4 Å². The van der Waals surface area contributed by atoms with Crippen molar-refractivity contribution in [1.29, 1.82) is 0 Å². The Balaban J connectivity index is 1.95. The van der Waals surface area contributed by atoms with Crippen LogP contribution in [0.5, 0.6) is 0 Å². The molecule has 1 aromatic rings. The number of carbonyl (C=O) groups excluding carboxylic acids is 1. The lowest BCUT2D eigenvalue weighted by atomic mass is 10.0. The smallest absolute Gasteiger partial charge is 0.224 e. The Morgan fingerprint density at radius 3 is 2.60 bits per heavy atom. The molecule has 0 radical (unpaired) electrons. The van der Waals surface area contributed by atoms with Crippen molar-refractivity contribution in [2.45, 2.75) is 24.9 Å². The third-order valence-electron chi connectivity index (χ3n) is 3.77. The molecule has 1 aliphatic rings. The summed E-state index contributed by atoms with van der Waals surface area (Å²) in [5.41, 5.74) is 6.93. The molecule has 2 N–H and O–H groups in total. The van der Waals surface area contributed by atoms with Crippen LogP contribution in [-0.4, -0.2) is 43.8 Å². The van der Waals surface area contributed by atoms with E-state index in [9.17, 15) is 13.2 Å². The number of sulfone groups is 1. The van der Waals surface area contributed by atoms with Gasteiger partial charge in [0.25, 0.3) is 0 Å². The third-order valence-corrected chi connectivity index (χ3v) is 5.52. The monoisotopic (exact) mass is 296 g/mol. The van der Waals surface area contributed by atoms with Gasteiger partial charge in [0.05, 0.1) is 11.5 Å². The van der Waals surface area contributed by atoms with E-state index in [2.05, 4.69) is 0 Å². The van der Waals surface area contributed by atoms with Crippen LogP contribution in [0.3, 0.4) is 0 Å². The van der Waals surface area contributed by atoms with E-state index < -0.39 is 9.84 Å². The molecule has 0 bridgehead atoms. The summed E-state index contributed by atoms with van der Waals surface area (Å²) in [6.07, 6.45) is 0.711. The van der Waals surface area contributed by atoms with E-state index in [1.807, 2.05) is 30.3 Å². The van der Waals surface area contributed by atoms with Crippen molar-refractivity contribution in [3.63, 3.8) is 0 Å². The van der Waals surface area contributed by atoms with E-state index in [0.29, 0.717) is 6.42 Å². The molecule has 2 unspecified atom stereocenters. The summed E-state index contributed by atoms with van der Waals surface area (Å²) in [4.78, 5) is 13.7. The van der Waals surface area contributed by atoms with Gasteiger partial charge in [-0.25, -0.2) is 8.42 Å². The number of amides is 1. The van der Waals surface area contributed by atoms with E-state index in [0.717, 1.165) is 5.56 Å². The quantitative estimate of drug-likeness (QED) is 0.888. The van der Waals surface area contributed by atoms with Gasteiger partial charge in [0, 0.05) is 25.6 Å². The number of carbonyl (C=O) groups is 1. The fourth-order valence-electron chi connectivity index (χ4n) is 2.43. The van der Waals surface area contributed by atoms with Crippen LogP contribution in [0, 0.1) is 0 Å². The zero-order chi connectivity index (χ0) is 14.8. The minimum atomic E-state index is -2.98. The van der Waals surface area contributed by atoms with Crippen LogP contribution in [0.2, 0.25) is 0 Å². The molecule has 5 nitrogen and oxygen atoms in total. The molecule has 0 spiro atoms. The van der Waals surface area contributed by atoms with Crippen LogP contribution < -0.4 is 5.73 Å². The summed E-state index contributed by atoms with van der Waals surface area (Å²) in [6, 6.07) is 8.86. The van der Waals surface area contributed by atoms with Crippen molar-refractivity contribution < 1.29 is 13.2 Å². The van der Waals surface area contributed by atoms with Crippen molar-refractivity contribution in [2.24, 2.45) is 5.73 Å². The Morgan fingerprint density at radius 2 is 2.05 bits per heavy atom. The number of nitrogens with zero attached hydrogens (tertiary/aromatic N) is 1. The second-order valence-electron chi connectivity index (χ2n) is 5.28. The number of hydrogen-bond donors (Lipinski definition) is 1. The highest BCUT2D eigenvalue weighted by atomic mass is 32.2. The van der Waals surface area contributed by atoms with Gasteiger partial charge in [-0.2, -0.15) is 0 Å². The fourth-order valence-corrected chi connectivity index (χ4v) is 4.21. The predicted molar refractivity (Wildman–Crippen MR) is 77.8 cm³/mol. The van der Waals surface area contributed by atoms with Gasteiger partial charge in [-0.05, 0) is 12.0 Å². The van der Waals surface area contributed by atoms with Gasteiger partial charge in [0.2, 0.25) is 5.91 Å². The average Bonchev–Trinajstić information content (AvgIpc) is 2.79. The van der Waals surface area contributed by atoms with Crippen LogP contribution in [0.15, 0.2) is 30.3 Å².